The summed E-state index contributed by atoms with van der Waals surface area (Å²) in [6.45, 7) is 4.45. The number of rotatable bonds is 7. The van der Waals surface area contributed by atoms with Crippen molar-refractivity contribution in [3.63, 3.8) is 0 Å². The molecule has 1 aromatic rings. The van der Waals surface area contributed by atoms with Crippen molar-refractivity contribution < 1.29 is 19.1 Å². The van der Waals surface area contributed by atoms with E-state index in [0.717, 1.165) is 0 Å². The molecule has 1 rings (SSSR count). The number of likely N-dealkylation sites (N-methyl/N-ethyl adjacent to an activating group) is 1. The number of methoxy groups -OCH3 is 1. The number of hydrogen-bond acceptors (Lipinski definition) is 4. The molecule has 0 aliphatic rings. The zero-order valence-corrected chi connectivity index (χ0v) is 11.5. The molecule has 0 spiro atoms. The average molecular weight is 265 g/mol. The molecular formula is C14H19NO4. The number of carbonyl (C=O) groups is 2. The minimum Gasteiger partial charge on any atom is -0.497 e. The third-order valence-electron chi connectivity index (χ3n) is 2.72. The van der Waals surface area contributed by atoms with Crippen molar-refractivity contribution in [2.45, 2.75) is 13.8 Å². The molecule has 0 aliphatic heterocycles. The summed E-state index contributed by atoms with van der Waals surface area (Å²) in [6.07, 6.45) is 0. The average Bonchev–Trinajstić information content (AvgIpc) is 2.46. The first kappa shape index (κ1) is 15.0. The number of carbonyl (C=O) groups excluding carboxylic acids is 2. The predicted octanol–water partition coefficient (Wildman–Crippen LogP) is 1.51. The topological polar surface area (TPSA) is 55.8 Å². The summed E-state index contributed by atoms with van der Waals surface area (Å²) in [5, 5.41) is 0. The molecule has 19 heavy (non-hydrogen) atoms. The molecule has 5 nitrogen and oxygen atoms in total. The fourth-order valence-electron chi connectivity index (χ4n) is 1.57. The number of Topliss-reactive ketones (excluding diaryl/α,β-unsaturated/α-hetero) is 1. The van der Waals surface area contributed by atoms with Gasteiger partial charge >= 0.3 is 0 Å². The maximum absolute atomic E-state index is 11.7. The van der Waals surface area contributed by atoms with Gasteiger partial charge in [-0.3, -0.25) is 9.59 Å². The van der Waals surface area contributed by atoms with E-state index < -0.39 is 11.7 Å². The maximum Gasteiger partial charge on any atom is 0.293 e. The summed E-state index contributed by atoms with van der Waals surface area (Å²) < 4.78 is 10.3. The van der Waals surface area contributed by atoms with Crippen LogP contribution in [0.15, 0.2) is 24.3 Å². The molecule has 104 valence electrons. The van der Waals surface area contributed by atoms with Crippen molar-refractivity contribution in [1.82, 2.24) is 4.90 Å². The van der Waals surface area contributed by atoms with Crippen molar-refractivity contribution in [3.8, 4) is 11.5 Å². The largest absolute Gasteiger partial charge is 0.497 e. The molecule has 0 radical (unpaired) electrons. The second kappa shape index (κ2) is 7.41. The van der Waals surface area contributed by atoms with E-state index in [4.69, 9.17) is 9.47 Å². The molecule has 0 unspecified atom stereocenters. The van der Waals surface area contributed by atoms with Gasteiger partial charge in [0.05, 0.1) is 7.11 Å². The van der Waals surface area contributed by atoms with Crippen molar-refractivity contribution in [1.29, 1.82) is 0 Å². The van der Waals surface area contributed by atoms with E-state index >= 15 is 0 Å². The molecule has 0 aromatic heterocycles. The summed E-state index contributed by atoms with van der Waals surface area (Å²) in [5.74, 6) is 0.192. The Labute approximate surface area is 113 Å². The minimum atomic E-state index is -0.542. The summed E-state index contributed by atoms with van der Waals surface area (Å²) in [4.78, 5) is 24.8. The Morgan fingerprint density at radius 3 is 2.05 bits per heavy atom. The highest BCUT2D eigenvalue weighted by Gasteiger charge is 2.19. The van der Waals surface area contributed by atoms with E-state index in [2.05, 4.69) is 0 Å². The number of ether oxygens (including phenoxy) is 2. The normalized spacial score (nSPS) is 9.84. The second-order valence-electron chi connectivity index (χ2n) is 3.86. The molecule has 1 amide bonds. The van der Waals surface area contributed by atoms with Crippen LogP contribution in [-0.2, 0) is 9.59 Å². The van der Waals surface area contributed by atoms with Crippen molar-refractivity contribution in [2.24, 2.45) is 0 Å². The molecule has 0 saturated carbocycles. The lowest BCUT2D eigenvalue weighted by atomic mass is 10.3. The van der Waals surface area contributed by atoms with Crippen LogP contribution in [0, 0.1) is 0 Å². The van der Waals surface area contributed by atoms with E-state index in [1.165, 1.54) is 4.90 Å². The quantitative estimate of drug-likeness (QED) is 0.701. The van der Waals surface area contributed by atoms with Gasteiger partial charge in [-0.05, 0) is 38.1 Å². The van der Waals surface area contributed by atoms with Crippen LogP contribution in [0.3, 0.4) is 0 Å². The van der Waals surface area contributed by atoms with E-state index in [9.17, 15) is 9.59 Å². The molecule has 0 heterocycles. The van der Waals surface area contributed by atoms with Gasteiger partial charge in [0.2, 0.25) is 0 Å². The zero-order valence-electron chi connectivity index (χ0n) is 11.5. The first-order chi connectivity index (χ1) is 9.12. The molecule has 0 atom stereocenters. The molecule has 0 bridgehead atoms. The highest BCUT2D eigenvalue weighted by molar-refractivity contribution is 6.36. The summed E-state index contributed by atoms with van der Waals surface area (Å²) in [6, 6.07) is 6.83. The molecule has 0 aliphatic carbocycles. The third-order valence-corrected chi connectivity index (χ3v) is 2.72. The van der Waals surface area contributed by atoms with Crippen LogP contribution in [-0.4, -0.2) is 43.4 Å². The molecular weight excluding hydrogens is 246 g/mol. The van der Waals surface area contributed by atoms with E-state index in [1.54, 1.807) is 31.4 Å². The van der Waals surface area contributed by atoms with Gasteiger partial charge in [0.25, 0.3) is 11.7 Å². The number of nitrogens with zero attached hydrogens (tertiary/aromatic N) is 1. The Hall–Kier alpha value is -2.04. The van der Waals surface area contributed by atoms with Crippen LogP contribution in [0.1, 0.15) is 13.8 Å². The standard InChI is InChI=1S/C14H19NO4/c1-4-15(5-2)14(17)13(16)10-19-12-8-6-11(18-3)7-9-12/h6-9H,4-5,10H2,1-3H3. The van der Waals surface area contributed by atoms with E-state index in [0.29, 0.717) is 24.6 Å². The Balaban J connectivity index is 2.51. The zero-order chi connectivity index (χ0) is 14.3. The third kappa shape index (κ3) is 4.28. The van der Waals surface area contributed by atoms with Gasteiger partial charge in [-0.25, -0.2) is 0 Å². The van der Waals surface area contributed by atoms with Crippen molar-refractivity contribution in [3.05, 3.63) is 24.3 Å². The fourth-order valence-corrected chi connectivity index (χ4v) is 1.57. The number of ketones is 1. The Kier molecular flexibility index (Phi) is 5.85. The monoisotopic (exact) mass is 265 g/mol. The summed E-state index contributed by atoms with van der Waals surface area (Å²) in [5.41, 5.74) is 0. The van der Waals surface area contributed by atoms with Crippen LogP contribution in [0.25, 0.3) is 0 Å². The van der Waals surface area contributed by atoms with Crippen molar-refractivity contribution >= 4 is 11.7 Å². The maximum atomic E-state index is 11.7. The molecule has 0 fully saturated rings. The van der Waals surface area contributed by atoms with Crippen LogP contribution < -0.4 is 9.47 Å². The highest BCUT2D eigenvalue weighted by atomic mass is 16.5. The van der Waals surface area contributed by atoms with Crippen LogP contribution in [0.5, 0.6) is 11.5 Å². The SMILES string of the molecule is CCN(CC)C(=O)C(=O)COc1ccc(OC)cc1. The molecule has 5 heteroatoms. The lowest BCUT2D eigenvalue weighted by molar-refractivity contribution is -0.145. The fraction of sp³-hybridized carbons (Fsp3) is 0.429. The number of benzene rings is 1. The van der Waals surface area contributed by atoms with Gasteiger partial charge in [-0.15, -0.1) is 0 Å². The smallest absolute Gasteiger partial charge is 0.293 e. The molecule has 1 aromatic carbocycles. The van der Waals surface area contributed by atoms with Gasteiger partial charge in [-0.2, -0.15) is 0 Å². The minimum absolute atomic E-state index is 0.248. The van der Waals surface area contributed by atoms with Crippen LogP contribution >= 0.6 is 0 Å². The number of hydrogen-bond donors (Lipinski definition) is 0. The second-order valence-corrected chi connectivity index (χ2v) is 3.86. The number of amides is 1. The first-order valence-electron chi connectivity index (χ1n) is 6.21. The van der Waals surface area contributed by atoms with Crippen LogP contribution in [0.4, 0.5) is 0 Å². The lowest BCUT2D eigenvalue weighted by Gasteiger charge is -2.17. The van der Waals surface area contributed by atoms with Gasteiger partial charge < -0.3 is 14.4 Å². The first-order valence-corrected chi connectivity index (χ1v) is 6.21. The predicted molar refractivity (Wildman–Crippen MR) is 71.4 cm³/mol. The Morgan fingerprint density at radius 2 is 1.58 bits per heavy atom. The van der Waals surface area contributed by atoms with Gasteiger partial charge in [0, 0.05) is 13.1 Å². The highest BCUT2D eigenvalue weighted by Crippen LogP contribution is 2.16. The van der Waals surface area contributed by atoms with Crippen LogP contribution in [0.2, 0.25) is 0 Å². The van der Waals surface area contributed by atoms with E-state index in [-0.39, 0.29) is 6.61 Å². The van der Waals surface area contributed by atoms with Crippen molar-refractivity contribution in [2.75, 3.05) is 26.8 Å². The van der Waals surface area contributed by atoms with Gasteiger partial charge in [-0.1, -0.05) is 0 Å². The lowest BCUT2D eigenvalue weighted by Crippen LogP contribution is -2.38. The summed E-state index contributed by atoms with van der Waals surface area (Å²) >= 11 is 0. The van der Waals surface area contributed by atoms with Gasteiger partial charge in [0.15, 0.2) is 6.61 Å². The molecule has 0 N–H and O–H groups in total. The Bertz CT molecular complexity index is 424. The van der Waals surface area contributed by atoms with E-state index in [1.807, 2.05) is 13.8 Å². The summed E-state index contributed by atoms with van der Waals surface area (Å²) in [7, 11) is 1.57. The van der Waals surface area contributed by atoms with Gasteiger partial charge in [0.1, 0.15) is 11.5 Å². The molecule has 0 saturated heterocycles. The Morgan fingerprint density at radius 1 is 1.05 bits per heavy atom.